The molecule has 1 atom stereocenters. The Balaban J connectivity index is 2.47. The van der Waals surface area contributed by atoms with Crippen LogP contribution in [0, 0.1) is 19.7 Å². The van der Waals surface area contributed by atoms with E-state index in [1.54, 1.807) is 6.07 Å². The number of hydrogen-bond acceptors (Lipinski definition) is 1. The first-order valence-corrected chi connectivity index (χ1v) is 6.56. The Hall–Kier alpha value is -1.19. The largest absolute Gasteiger partial charge is 0.320 e. The molecule has 0 aliphatic carbocycles. The second-order valence-electron chi connectivity index (χ2n) is 4.50. The van der Waals surface area contributed by atoms with Gasteiger partial charge in [-0.25, -0.2) is 4.39 Å². The molecule has 2 rings (SSSR count). The van der Waals surface area contributed by atoms with Gasteiger partial charge in [0.05, 0.1) is 6.04 Å². The van der Waals surface area contributed by atoms with E-state index in [2.05, 4.69) is 34.1 Å². The first kappa shape index (κ1) is 13.2. The number of hydrogen-bond donors (Lipinski definition) is 1. The molecule has 2 N–H and O–H groups in total. The van der Waals surface area contributed by atoms with Crippen molar-refractivity contribution in [2.24, 2.45) is 5.73 Å². The fourth-order valence-electron chi connectivity index (χ4n) is 2.02. The lowest BCUT2D eigenvalue weighted by Crippen LogP contribution is -2.14. The number of nitrogens with two attached hydrogens (primary N) is 1. The third-order valence-corrected chi connectivity index (χ3v) is 3.75. The van der Waals surface area contributed by atoms with Crippen molar-refractivity contribution in [1.82, 2.24) is 0 Å². The van der Waals surface area contributed by atoms with Gasteiger partial charge in [0.25, 0.3) is 0 Å². The van der Waals surface area contributed by atoms with E-state index in [1.165, 1.54) is 17.7 Å². The maximum atomic E-state index is 13.1. The van der Waals surface area contributed by atoms with Gasteiger partial charge < -0.3 is 5.73 Å². The Morgan fingerprint density at radius 3 is 2.44 bits per heavy atom. The minimum atomic E-state index is -0.265. The Morgan fingerprint density at radius 2 is 1.78 bits per heavy atom. The van der Waals surface area contributed by atoms with Crippen molar-refractivity contribution in [2.45, 2.75) is 19.9 Å². The highest BCUT2D eigenvalue weighted by atomic mass is 79.9. The summed E-state index contributed by atoms with van der Waals surface area (Å²) in [6.45, 7) is 4.07. The van der Waals surface area contributed by atoms with E-state index in [0.29, 0.717) is 4.47 Å². The molecule has 0 saturated carbocycles. The predicted molar refractivity (Wildman–Crippen MR) is 76.0 cm³/mol. The molecule has 0 aliphatic rings. The van der Waals surface area contributed by atoms with Crippen molar-refractivity contribution in [1.29, 1.82) is 0 Å². The number of halogens is 2. The molecule has 0 aromatic heterocycles. The van der Waals surface area contributed by atoms with E-state index in [1.807, 2.05) is 13.8 Å². The van der Waals surface area contributed by atoms with Crippen LogP contribution in [0.15, 0.2) is 40.9 Å². The zero-order valence-corrected chi connectivity index (χ0v) is 12.0. The van der Waals surface area contributed by atoms with Crippen LogP contribution >= 0.6 is 15.9 Å². The van der Waals surface area contributed by atoms with Gasteiger partial charge in [-0.2, -0.15) is 0 Å². The Bertz CT molecular complexity index is 581. The summed E-state index contributed by atoms with van der Waals surface area (Å²) in [5.41, 5.74) is 10.6. The third kappa shape index (κ3) is 2.62. The zero-order valence-electron chi connectivity index (χ0n) is 10.4. The number of rotatable bonds is 2. The molecular formula is C15H15BrFN. The van der Waals surface area contributed by atoms with Crippen LogP contribution in [0.25, 0.3) is 0 Å². The SMILES string of the molecule is Cc1ccc(C)c(C(N)c2ccc(F)cc2Br)c1. The molecule has 0 amide bonds. The third-order valence-electron chi connectivity index (χ3n) is 3.07. The molecule has 1 nitrogen and oxygen atoms in total. The van der Waals surface area contributed by atoms with Crippen LogP contribution in [0.2, 0.25) is 0 Å². The summed E-state index contributed by atoms with van der Waals surface area (Å²) in [5, 5.41) is 0. The molecule has 18 heavy (non-hydrogen) atoms. The average molecular weight is 308 g/mol. The molecule has 0 aliphatic heterocycles. The van der Waals surface area contributed by atoms with Crippen LogP contribution < -0.4 is 5.73 Å². The Labute approximate surface area is 115 Å². The van der Waals surface area contributed by atoms with Crippen LogP contribution in [-0.2, 0) is 0 Å². The van der Waals surface area contributed by atoms with Gasteiger partial charge in [0.15, 0.2) is 0 Å². The summed E-state index contributed by atoms with van der Waals surface area (Å²) in [7, 11) is 0. The fourth-order valence-corrected chi connectivity index (χ4v) is 2.61. The lowest BCUT2D eigenvalue weighted by Gasteiger charge is -2.17. The predicted octanol–water partition coefficient (Wildman–Crippen LogP) is 4.25. The molecule has 2 aromatic carbocycles. The molecule has 3 heteroatoms. The molecular weight excluding hydrogens is 293 g/mol. The van der Waals surface area contributed by atoms with Gasteiger partial charge in [-0.15, -0.1) is 0 Å². The minimum absolute atomic E-state index is 0.250. The standard InChI is InChI=1S/C15H15BrFN/c1-9-3-4-10(2)13(7-9)15(18)12-6-5-11(17)8-14(12)16/h3-8,15H,18H2,1-2H3. The second kappa shape index (κ2) is 5.21. The zero-order chi connectivity index (χ0) is 13.3. The maximum Gasteiger partial charge on any atom is 0.124 e. The van der Waals surface area contributed by atoms with Crippen molar-refractivity contribution in [3.8, 4) is 0 Å². The minimum Gasteiger partial charge on any atom is -0.320 e. The summed E-state index contributed by atoms with van der Waals surface area (Å²) in [6, 6.07) is 10.6. The fraction of sp³-hybridized carbons (Fsp3) is 0.200. The molecule has 94 valence electrons. The normalized spacial score (nSPS) is 12.5. The van der Waals surface area contributed by atoms with Crippen LogP contribution in [0.5, 0.6) is 0 Å². The first-order chi connectivity index (χ1) is 8.49. The van der Waals surface area contributed by atoms with Crippen molar-refractivity contribution in [3.63, 3.8) is 0 Å². The lowest BCUT2D eigenvalue weighted by atomic mass is 9.94. The van der Waals surface area contributed by atoms with Crippen molar-refractivity contribution < 1.29 is 4.39 Å². The summed E-state index contributed by atoms with van der Waals surface area (Å²) in [6.07, 6.45) is 0. The van der Waals surface area contributed by atoms with Gasteiger partial charge in [0.1, 0.15) is 5.82 Å². The van der Waals surface area contributed by atoms with Gasteiger partial charge in [-0.1, -0.05) is 45.8 Å². The Kier molecular flexibility index (Phi) is 3.83. The van der Waals surface area contributed by atoms with Crippen molar-refractivity contribution >= 4 is 15.9 Å². The van der Waals surface area contributed by atoms with E-state index in [-0.39, 0.29) is 11.9 Å². The van der Waals surface area contributed by atoms with Gasteiger partial charge in [-0.3, -0.25) is 0 Å². The van der Waals surface area contributed by atoms with Crippen LogP contribution in [-0.4, -0.2) is 0 Å². The van der Waals surface area contributed by atoms with Crippen LogP contribution in [0.4, 0.5) is 4.39 Å². The summed E-state index contributed by atoms with van der Waals surface area (Å²) in [4.78, 5) is 0. The van der Waals surface area contributed by atoms with Gasteiger partial charge in [0.2, 0.25) is 0 Å². The second-order valence-corrected chi connectivity index (χ2v) is 5.36. The van der Waals surface area contributed by atoms with Crippen molar-refractivity contribution in [3.05, 3.63) is 68.9 Å². The highest BCUT2D eigenvalue weighted by Crippen LogP contribution is 2.29. The van der Waals surface area contributed by atoms with Gasteiger partial charge in [0, 0.05) is 4.47 Å². The molecule has 0 fully saturated rings. The summed E-state index contributed by atoms with van der Waals surface area (Å²) in [5.74, 6) is -0.265. The smallest absolute Gasteiger partial charge is 0.124 e. The van der Waals surface area contributed by atoms with E-state index < -0.39 is 0 Å². The molecule has 0 heterocycles. The molecule has 2 aromatic rings. The van der Waals surface area contributed by atoms with E-state index >= 15 is 0 Å². The van der Waals surface area contributed by atoms with Crippen LogP contribution in [0.1, 0.15) is 28.3 Å². The summed E-state index contributed by atoms with van der Waals surface area (Å²) < 4.78 is 13.8. The monoisotopic (exact) mass is 307 g/mol. The molecule has 0 bridgehead atoms. The lowest BCUT2D eigenvalue weighted by molar-refractivity contribution is 0.625. The highest BCUT2D eigenvalue weighted by molar-refractivity contribution is 9.10. The topological polar surface area (TPSA) is 26.0 Å². The average Bonchev–Trinajstić information content (AvgIpc) is 2.31. The highest BCUT2D eigenvalue weighted by Gasteiger charge is 2.14. The van der Waals surface area contributed by atoms with E-state index in [9.17, 15) is 4.39 Å². The molecule has 0 saturated heterocycles. The van der Waals surface area contributed by atoms with Gasteiger partial charge in [-0.05, 0) is 42.7 Å². The molecule has 0 spiro atoms. The van der Waals surface area contributed by atoms with Crippen LogP contribution in [0.3, 0.4) is 0 Å². The first-order valence-electron chi connectivity index (χ1n) is 5.76. The number of aryl methyl sites for hydroxylation is 2. The number of benzene rings is 2. The van der Waals surface area contributed by atoms with Crippen molar-refractivity contribution in [2.75, 3.05) is 0 Å². The van der Waals surface area contributed by atoms with E-state index in [0.717, 1.165) is 16.7 Å². The molecule has 1 unspecified atom stereocenters. The van der Waals surface area contributed by atoms with E-state index in [4.69, 9.17) is 5.73 Å². The quantitative estimate of drug-likeness (QED) is 0.881. The maximum absolute atomic E-state index is 13.1. The van der Waals surface area contributed by atoms with Gasteiger partial charge >= 0.3 is 0 Å². The molecule has 0 radical (unpaired) electrons. The Morgan fingerprint density at radius 1 is 1.06 bits per heavy atom. The summed E-state index contributed by atoms with van der Waals surface area (Å²) >= 11 is 3.37.